The molecule has 1 aromatic heterocycles. The van der Waals surface area contributed by atoms with Crippen LogP contribution in [0.3, 0.4) is 0 Å². The van der Waals surface area contributed by atoms with Crippen molar-refractivity contribution in [2.75, 3.05) is 13.1 Å². The summed E-state index contributed by atoms with van der Waals surface area (Å²) in [6, 6.07) is 9.74. The normalized spacial score (nSPS) is 18.6. The standard InChI is InChI=1S/C15H14ClNO3S2/c16-11-3-5-12(6-4-11)22(19,20)13-7-8-17(10-13)15(18)14-2-1-9-21-14/h1-6,9,13H,7-8,10H2/t13-/m1/s1. The van der Waals surface area contributed by atoms with E-state index in [4.69, 9.17) is 11.6 Å². The Balaban J connectivity index is 1.77. The number of thiophene rings is 1. The molecule has 1 aliphatic rings. The highest BCUT2D eigenvalue weighted by Crippen LogP contribution is 2.26. The second-order valence-electron chi connectivity index (χ2n) is 5.14. The molecule has 2 heterocycles. The van der Waals surface area contributed by atoms with Crippen LogP contribution in [0.4, 0.5) is 0 Å². The summed E-state index contributed by atoms with van der Waals surface area (Å²) in [6.07, 6.45) is 0.460. The van der Waals surface area contributed by atoms with Crippen LogP contribution in [0, 0.1) is 0 Å². The van der Waals surface area contributed by atoms with Crippen molar-refractivity contribution < 1.29 is 13.2 Å². The minimum absolute atomic E-state index is 0.0937. The Hall–Kier alpha value is -1.37. The Kier molecular flexibility index (Phi) is 4.25. The zero-order valence-electron chi connectivity index (χ0n) is 11.6. The van der Waals surface area contributed by atoms with Gasteiger partial charge in [-0.15, -0.1) is 11.3 Å². The first-order valence-electron chi connectivity index (χ1n) is 6.81. The monoisotopic (exact) mass is 355 g/mol. The van der Waals surface area contributed by atoms with Crippen molar-refractivity contribution in [1.82, 2.24) is 4.90 Å². The summed E-state index contributed by atoms with van der Waals surface area (Å²) in [5.74, 6) is -0.0937. The maximum atomic E-state index is 12.6. The molecule has 0 N–H and O–H groups in total. The number of likely N-dealkylation sites (tertiary alicyclic amines) is 1. The first-order chi connectivity index (χ1) is 10.5. The van der Waals surface area contributed by atoms with Gasteiger partial charge in [-0.3, -0.25) is 4.79 Å². The van der Waals surface area contributed by atoms with Gasteiger partial charge in [0, 0.05) is 18.1 Å². The second kappa shape index (κ2) is 6.02. The Bertz CT molecular complexity index is 770. The summed E-state index contributed by atoms with van der Waals surface area (Å²) in [6.45, 7) is 0.704. The molecule has 0 spiro atoms. The molecular weight excluding hydrogens is 342 g/mol. The molecule has 0 saturated carbocycles. The molecule has 0 radical (unpaired) electrons. The number of halogens is 1. The molecule has 22 heavy (non-hydrogen) atoms. The van der Waals surface area contributed by atoms with Crippen LogP contribution in [0.15, 0.2) is 46.7 Å². The van der Waals surface area contributed by atoms with Crippen LogP contribution in [-0.2, 0) is 9.84 Å². The quantitative estimate of drug-likeness (QED) is 0.850. The van der Waals surface area contributed by atoms with E-state index < -0.39 is 15.1 Å². The van der Waals surface area contributed by atoms with Crippen molar-refractivity contribution in [3.8, 4) is 0 Å². The summed E-state index contributed by atoms with van der Waals surface area (Å²) in [4.78, 5) is 14.8. The van der Waals surface area contributed by atoms with E-state index in [1.807, 2.05) is 11.4 Å². The molecule has 1 aromatic carbocycles. The average Bonchev–Trinajstić information content (AvgIpc) is 3.19. The summed E-state index contributed by atoms with van der Waals surface area (Å²) in [7, 11) is -3.44. The molecule has 1 aliphatic heterocycles. The molecule has 3 rings (SSSR count). The fourth-order valence-electron chi connectivity index (χ4n) is 2.54. The minimum atomic E-state index is -3.44. The molecule has 2 aromatic rings. The van der Waals surface area contributed by atoms with Crippen molar-refractivity contribution >= 4 is 38.7 Å². The highest BCUT2D eigenvalue weighted by molar-refractivity contribution is 7.92. The molecule has 0 aliphatic carbocycles. The fourth-order valence-corrected chi connectivity index (χ4v) is 5.05. The van der Waals surface area contributed by atoms with Crippen molar-refractivity contribution in [2.45, 2.75) is 16.6 Å². The van der Waals surface area contributed by atoms with Crippen molar-refractivity contribution in [1.29, 1.82) is 0 Å². The number of carbonyl (C=O) groups excluding carboxylic acids is 1. The zero-order valence-corrected chi connectivity index (χ0v) is 14.0. The van der Waals surface area contributed by atoms with E-state index in [-0.39, 0.29) is 17.3 Å². The van der Waals surface area contributed by atoms with E-state index in [1.165, 1.54) is 23.5 Å². The molecular formula is C15H14ClNO3S2. The van der Waals surface area contributed by atoms with Crippen molar-refractivity contribution in [3.05, 3.63) is 51.7 Å². The molecule has 116 valence electrons. The fraction of sp³-hybridized carbons (Fsp3) is 0.267. The molecule has 1 atom stereocenters. The van der Waals surface area contributed by atoms with Gasteiger partial charge in [-0.2, -0.15) is 0 Å². The molecule has 1 amide bonds. The van der Waals surface area contributed by atoms with E-state index in [9.17, 15) is 13.2 Å². The summed E-state index contributed by atoms with van der Waals surface area (Å²) in [5, 5.41) is 1.78. The van der Waals surface area contributed by atoms with Crippen LogP contribution in [0.5, 0.6) is 0 Å². The number of benzene rings is 1. The molecule has 4 nitrogen and oxygen atoms in total. The van der Waals surface area contributed by atoms with Gasteiger partial charge < -0.3 is 4.90 Å². The van der Waals surface area contributed by atoms with E-state index in [0.29, 0.717) is 22.9 Å². The topological polar surface area (TPSA) is 54.5 Å². The molecule has 1 saturated heterocycles. The van der Waals surface area contributed by atoms with Gasteiger partial charge in [0.05, 0.1) is 15.0 Å². The number of hydrogen-bond donors (Lipinski definition) is 0. The predicted octanol–water partition coefficient (Wildman–Crippen LogP) is 3.09. The number of amides is 1. The lowest BCUT2D eigenvalue weighted by atomic mass is 10.4. The predicted molar refractivity (Wildman–Crippen MR) is 87.3 cm³/mol. The van der Waals surface area contributed by atoms with Gasteiger partial charge in [-0.05, 0) is 42.1 Å². The van der Waals surface area contributed by atoms with Gasteiger partial charge >= 0.3 is 0 Å². The first kappa shape index (κ1) is 15.5. The smallest absolute Gasteiger partial charge is 0.263 e. The van der Waals surface area contributed by atoms with E-state index in [0.717, 1.165) is 0 Å². The minimum Gasteiger partial charge on any atom is -0.337 e. The van der Waals surface area contributed by atoms with Crippen LogP contribution in [0.1, 0.15) is 16.1 Å². The van der Waals surface area contributed by atoms with Crippen LogP contribution < -0.4 is 0 Å². The van der Waals surface area contributed by atoms with E-state index in [1.54, 1.807) is 23.1 Å². The third kappa shape index (κ3) is 2.91. The number of rotatable bonds is 3. The van der Waals surface area contributed by atoms with Gasteiger partial charge in [0.2, 0.25) is 0 Å². The summed E-state index contributed by atoms with van der Waals surface area (Å²) >= 11 is 7.17. The van der Waals surface area contributed by atoms with Gasteiger partial charge in [0.1, 0.15) is 0 Å². The molecule has 0 bridgehead atoms. The number of carbonyl (C=O) groups is 1. The van der Waals surface area contributed by atoms with Crippen LogP contribution in [0.2, 0.25) is 5.02 Å². The lowest BCUT2D eigenvalue weighted by Crippen LogP contribution is -2.31. The highest BCUT2D eigenvalue weighted by atomic mass is 35.5. The number of nitrogens with zero attached hydrogens (tertiary/aromatic N) is 1. The maximum absolute atomic E-state index is 12.6. The van der Waals surface area contributed by atoms with Crippen LogP contribution >= 0.6 is 22.9 Å². The highest BCUT2D eigenvalue weighted by Gasteiger charge is 2.36. The summed E-state index contributed by atoms with van der Waals surface area (Å²) in [5.41, 5.74) is 0. The van der Waals surface area contributed by atoms with Gasteiger partial charge in [-0.25, -0.2) is 8.42 Å². The van der Waals surface area contributed by atoms with Gasteiger partial charge in [-0.1, -0.05) is 17.7 Å². The van der Waals surface area contributed by atoms with Crippen molar-refractivity contribution in [3.63, 3.8) is 0 Å². The zero-order chi connectivity index (χ0) is 15.7. The molecule has 1 fully saturated rings. The Labute approximate surface area is 138 Å². The van der Waals surface area contributed by atoms with Crippen molar-refractivity contribution in [2.24, 2.45) is 0 Å². The number of sulfone groups is 1. The van der Waals surface area contributed by atoms with E-state index in [2.05, 4.69) is 0 Å². The Morgan fingerprint density at radius 2 is 1.95 bits per heavy atom. The average molecular weight is 356 g/mol. The largest absolute Gasteiger partial charge is 0.337 e. The number of hydrogen-bond acceptors (Lipinski definition) is 4. The third-order valence-corrected chi connectivity index (χ3v) is 7.05. The maximum Gasteiger partial charge on any atom is 0.263 e. The lowest BCUT2D eigenvalue weighted by Gasteiger charge is -2.16. The lowest BCUT2D eigenvalue weighted by molar-refractivity contribution is 0.0798. The van der Waals surface area contributed by atoms with E-state index >= 15 is 0 Å². The Morgan fingerprint density at radius 1 is 1.23 bits per heavy atom. The summed E-state index contributed by atoms with van der Waals surface area (Å²) < 4.78 is 25.2. The first-order valence-corrected chi connectivity index (χ1v) is 9.61. The molecule has 7 heteroatoms. The third-order valence-electron chi connectivity index (χ3n) is 3.75. The SMILES string of the molecule is O=C(c1cccs1)N1CC[C@@H](S(=O)(=O)c2ccc(Cl)cc2)C1. The van der Waals surface area contributed by atoms with Gasteiger partial charge in [0.15, 0.2) is 9.84 Å². The van der Waals surface area contributed by atoms with Crippen LogP contribution in [0.25, 0.3) is 0 Å². The van der Waals surface area contributed by atoms with Gasteiger partial charge in [0.25, 0.3) is 5.91 Å². The molecule has 0 unspecified atom stereocenters. The second-order valence-corrected chi connectivity index (χ2v) is 8.75. The Morgan fingerprint density at radius 3 is 2.59 bits per heavy atom. The van der Waals surface area contributed by atoms with Crippen LogP contribution in [-0.4, -0.2) is 37.6 Å².